The summed E-state index contributed by atoms with van der Waals surface area (Å²) >= 11 is 5.30. The van der Waals surface area contributed by atoms with Gasteiger partial charge in [0.25, 0.3) is 0 Å². The van der Waals surface area contributed by atoms with E-state index in [1.807, 2.05) is 13.8 Å². The van der Waals surface area contributed by atoms with Crippen molar-refractivity contribution in [2.24, 2.45) is 0 Å². The minimum absolute atomic E-state index is 0.530. The van der Waals surface area contributed by atoms with E-state index in [4.69, 9.17) is 0 Å². The summed E-state index contributed by atoms with van der Waals surface area (Å²) < 4.78 is 0. The van der Waals surface area contributed by atoms with Crippen LogP contribution in [0.5, 0.6) is 0 Å². The molecule has 0 aliphatic carbocycles. The van der Waals surface area contributed by atoms with Gasteiger partial charge in [-0.3, -0.25) is 0 Å². The Morgan fingerprint density at radius 3 is 1.00 bits per heavy atom. The van der Waals surface area contributed by atoms with Crippen LogP contribution in [0, 0.1) is 0 Å². The van der Waals surface area contributed by atoms with Gasteiger partial charge in [-0.05, 0) is 0 Å². The van der Waals surface area contributed by atoms with Gasteiger partial charge in [0.05, 0.1) is 0 Å². The zero-order chi connectivity index (χ0) is 8.28. The first-order valence-electron chi connectivity index (χ1n) is 3.02. The van der Waals surface area contributed by atoms with Crippen molar-refractivity contribution in [3.8, 4) is 0 Å². The van der Waals surface area contributed by atoms with Crippen LogP contribution in [0.15, 0.2) is 0 Å². The Hall–Kier alpha value is 2.25. The maximum atomic E-state index is 2.39. The first kappa shape index (κ1) is 17.4. The van der Waals surface area contributed by atoms with E-state index in [1.165, 1.54) is 0 Å². The second-order valence-electron chi connectivity index (χ2n) is 1.79. The molecular formula is C5H15BI3-. The van der Waals surface area contributed by atoms with Crippen molar-refractivity contribution >= 4 is 43.9 Å². The molecule has 0 fully saturated rings. The van der Waals surface area contributed by atoms with Gasteiger partial charge >= 0.3 is 50.5 Å². The second-order valence-corrected chi connectivity index (χ2v) is 18.0. The Labute approximate surface area is 90.0 Å². The van der Waals surface area contributed by atoms with Gasteiger partial charge in [0, 0.05) is 0 Å². The van der Waals surface area contributed by atoms with Crippen LogP contribution in [0.2, 0.25) is 20.5 Å². The molecule has 0 radical (unpaired) electrons. The molecule has 0 aromatic carbocycles. The Morgan fingerprint density at radius 1 is 1.00 bits per heavy atom. The average molecular weight is 467 g/mol. The van der Waals surface area contributed by atoms with Gasteiger partial charge in [0.1, 0.15) is 6.71 Å². The van der Waals surface area contributed by atoms with E-state index in [1.54, 1.807) is 0 Å². The Balaban J connectivity index is -0.0000000646. The van der Waals surface area contributed by atoms with Crippen molar-refractivity contribution in [2.75, 3.05) is 0 Å². The van der Waals surface area contributed by atoms with E-state index in [2.05, 4.69) is 57.7 Å². The maximum absolute atomic E-state index is 2.39. The van der Waals surface area contributed by atoms with Gasteiger partial charge < -0.3 is 0 Å². The van der Waals surface area contributed by atoms with Gasteiger partial charge in [-0.25, -0.2) is 0 Å². The average Bonchev–Trinajstić information content (AvgIpc) is 1.71. The van der Waals surface area contributed by atoms with E-state index < -0.39 is 0 Å². The SMILES string of the molecule is CB(C)C.CC.I[I-]I. The first-order valence-corrected chi connectivity index (χ1v) is 15.6. The molecule has 0 aromatic rings. The van der Waals surface area contributed by atoms with E-state index >= 15 is 0 Å². The summed E-state index contributed by atoms with van der Waals surface area (Å²) in [6.45, 7) is 11.3. The van der Waals surface area contributed by atoms with Crippen LogP contribution in [0.4, 0.5) is 0 Å². The van der Waals surface area contributed by atoms with Crippen molar-refractivity contribution in [3.63, 3.8) is 0 Å². The molecule has 0 spiro atoms. The normalized spacial score (nSPS) is 6.11. The molecule has 0 atom stereocenters. The summed E-state index contributed by atoms with van der Waals surface area (Å²) in [5, 5.41) is 0. The third kappa shape index (κ3) is 137. The Kier molecular flexibility index (Phi) is 43.3. The van der Waals surface area contributed by atoms with Gasteiger partial charge in [0.2, 0.25) is 0 Å². The van der Waals surface area contributed by atoms with Crippen LogP contribution in [-0.4, -0.2) is 6.71 Å². The fourth-order valence-corrected chi connectivity index (χ4v) is 0. The van der Waals surface area contributed by atoms with Gasteiger partial charge in [0.15, 0.2) is 0 Å². The van der Waals surface area contributed by atoms with Crippen molar-refractivity contribution in [1.82, 2.24) is 0 Å². The second kappa shape index (κ2) is 22.5. The molecule has 0 unspecified atom stereocenters. The first-order chi connectivity index (χ1) is 4.15. The quantitative estimate of drug-likeness (QED) is 0.372. The monoisotopic (exact) mass is 467 g/mol. The van der Waals surface area contributed by atoms with Gasteiger partial charge in [-0.1, -0.05) is 34.3 Å². The molecule has 0 rings (SSSR count). The summed E-state index contributed by atoms with van der Waals surface area (Å²) in [6, 6.07) is 0. The minimum atomic E-state index is 0.530. The van der Waals surface area contributed by atoms with E-state index in [9.17, 15) is 0 Å². The van der Waals surface area contributed by atoms with Crippen LogP contribution in [-0.2, 0) is 0 Å². The summed E-state index contributed by atoms with van der Waals surface area (Å²) in [7, 11) is 0. The summed E-state index contributed by atoms with van der Waals surface area (Å²) in [5.74, 6) is 0. The predicted octanol–water partition coefficient (Wildman–Crippen LogP) is 1.17. The number of halogens is 3. The molecule has 0 heterocycles. The van der Waals surface area contributed by atoms with Crippen molar-refractivity contribution in [2.45, 2.75) is 34.3 Å². The van der Waals surface area contributed by atoms with Gasteiger partial charge in [-0.2, -0.15) is 0 Å². The van der Waals surface area contributed by atoms with Gasteiger partial charge in [-0.15, -0.1) is 0 Å². The van der Waals surface area contributed by atoms with Crippen molar-refractivity contribution in [3.05, 3.63) is 0 Å². The molecule has 0 bridgehead atoms. The van der Waals surface area contributed by atoms with Crippen LogP contribution < -0.4 is 13.3 Å². The fourth-order valence-electron chi connectivity index (χ4n) is 0. The summed E-state index contributed by atoms with van der Waals surface area (Å²) in [5.41, 5.74) is 0. The molecule has 0 aliphatic rings. The topological polar surface area (TPSA) is 0 Å². The molecule has 0 saturated carbocycles. The molecule has 0 saturated heterocycles. The molecule has 4 heteroatoms. The van der Waals surface area contributed by atoms with Crippen LogP contribution in [0.1, 0.15) is 13.8 Å². The molecule has 0 aromatic heterocycles. The molecule has 60 valence electrons. The number of hydrogen-bond donors (Lipinski definition) is 0. The fraction of sp³-hybridized carbons (Fsp3) is 1.00. The third-order valence-electron chi connectivity index (χ3n) is 0. The van der Waals surface area contributed by atoms with E-state index in [-0.39, 0.29) is 0 Å². The van der Waals surface area contributed by atoms with Crippen molar-refractivity contribution in [1.29, 1.82) is 0 Å². The molecule has 0 N–H and O–H groups in total. The summed E-state index contributed by atoms with van der Waals surface area (Å²) in [6.07, 6.45) is 0. The van der Waals surface area contributed by atoms with E-state index in [0.29, 0.717) is 13.3 Å². The molecule has 9 heavy (non-hydrogen) atoms. The predicted molar refractivity (Wildman–Crippen MR) is 62.7 cm³/mol. The van der Waals surface area contributed by atoms with E-state index in [0.717, 1.165) is 6.71 Å². The summed E-state index contributed by atoms with van der Waals surface area (Å²) in [4.78, 5) is 0. The number of hydrogen-bond acceptors (Lipinski definition) is 0. The van der Waals surface area contributed by atoms with Crippen molar-refractivity contribution < 1.29 is 13.3 Å². The van der Waals surface area contributed by atoms with Crippen LogP contribution in [0.3, 0.4) is 0 Å². The molecular weight excluding hydrogens is 452 g/mol. The number of rotatable bonds is 0. The Morgan fingerprint density at radius 2 is 1.00 bits per heavy atom. The molecule has 0 aliphatic heterocycles. The van der Waals surface area contributed by atoms with Crippen LogP contribution >= 0.6 is 37.2 Å². The standard InChI is InChI=1S/C3H9B.C2H6.I3/c1-4(2)3;1-2;1-3-2/h1-3H3;1-2H3;/q;;-1. The van der Waals surface area contributed by atoms with Crippen LogP contribution in [0.25, 0.3) is 0 Å². The Bertz CT molecular complexity index is 23.4. The molecule has 0 nitrogen and oxygen atoms in total. The zero-order valence-electron chi connectivity index (χ0n) is 6.71. The third-order valence-corrected chi connectivity index (χ3v) is 0. The molecule has 0 amide bonds. The zero-order valence-corrected chi connectivity index (χ0v) is 13.2.